The number of nitrogens with two attached hydrogens (primary N) is 1. The van der Waals surface area contributed by atoms with Crippen molar-refractivity contribution in [2.24, 2.45) is 5.84 Å². The second-order valence-electron chi connectivity index (χ2n) is 3.43. The first-order valence-electron chi connectivity index (χ1n) is 5.08. The van der Waals surface area contributed by atoms with Gasteiger partial charge in [-0.2, -0.15) is 18.2 Å². The Morgan fingerprint density at radius 1 is 1.58 bits per heavy atom. The van der Waals surface area contributed by atoms with Gasteiger partial charge in [0.25, 0.3) is 0 Å². The van der Waals surface area contributed by atoms with Gasteiger partial charge in [0.05, 0.1) is 4.92 Å². The monoisotopic (exact) mass is 280 g/mol. The third kappa shape index (κ3) is 3.91. The first-order valence-corrected chi connectivity index (χ1v) is 5.08. The van der Waals surface area contributed by atoms with Crippen LogP contribution in [0.1, 0.15) is 6.92 Å². The van der Waals surface area contributed by atoms with Crippen molar-refractivity contribution < 1.29 is 18.1 Å². The molecule has 1 aromatic rings. The molecule has 0 aromatic carbocycles. The number of nitrogen functional groups attached to an aromatic ring is 1. The number of nitro groups is 1. The molecule has 0 aliphatic heterocycles. The lowest BCUT2D eigenvalue weighted by molar-refractivity contribution is -0.384. The molecular weight excluding hydrogens is 269 g/mol. The van der Waals surface area contributed by atoms with Crippen LogP contribution in [0.5, 0.6) is 0 Å². The molecule has 0 amide bonds. The molecule has 3 N–H and O–H groups in total. The van der Waals surface area contributed by atoms with E-state index in [1.807, 2.05) is 5.43 Å². The Labute approximate surface area is 105 Å². The molecule has 0 atom stereocenters. The molecule has 0 radical (unpaired) electrons. The summed E-state index contributed by atoms with van der Waals surface area (Å²) in [6.07, 6.45) is -3.71. The zero-order chi connectivity index (χ0) is 14.6. The van der Waals surface area contributed by atoms with Crippen LogP contribution in [0.15, 0.2) is 6.20 Å². The summed E-state index contributed by atoms with van der Waals surface area (Å²) in [5.41, 5.74) is 1.40. The molecule has 11 heteroatoms. The highest BCUT2D eigenvalue weighted by molar-refractivity contribution is 5.58. The summed E-state index contributed by atoms with van der Waals surface area (Å²) in [5, 5.41) is 10.8. The fourth-order valence-corrected chi connectivity index (χ4v) is 1.35. The minimum Gasteiger partial charge on any atom is -0.342 e. The molecule has 0 saturated heterocycles. The van der Waals surface area contributed by atoms with Crippen molar-refractivity contribution in [3.8, 4) is 0 Å². The highest BCUT2D eigenvalue weighted by Crippen LogP contribution is 2.28. The first kappa shape index (κ1) is 14.9. The van der Waals surface area contributed by atoms with E-state index in [2.05, 4.69) is 9.97 Å². The average molecular weight is 280 g/mol. The zero-order valence-corrected chi connectivity index (χ0v) is 9.81. The van der Waals surface area contributed by atoms with Crippen molar-refractivity contribution in [2.45, 2.75) is 13.1 Å². The van der Waals surface area contributed by atoms with Crippen LogP contribution in [-0.2, 0) is 0 Å². The van der Waals surface area contributed by atoms with E-state index >= 15 is 0 Å². The van der Waals surface area contributed by atoms with Gasteiger partial charge in [-0.1, -0.05) is 0 Å². The van der Waals surface area contributed by atoms with Crippen LogP contribution in [0.2, 0.25) is 0 Å². The van der Waals surface area contributed by atoms with Crippen LogP contribution in [0.25, 0.3) is 0 Å². The van der Waals surface area contributed by atoms with Crippen LogP contribution < -0.4 is 16.2 Å². The Hall–Kier alpha value is -2.17. The van der Waals surface area contributed by atoms with Gasteiger partial charge < -0.3 is 4.90 Å². The van der Waals surface area contributed by atoms with Crippen LogP contribution in [0, 0.1) is 10.1 Å². The lowest BCUT2D eigenvalue weighted by Crippen LogP contribution is -2.35. The van der Waals surface area contributed by atoms with Gasteiger partial charge in [0.15, 0.2) is 0 Å². The molecule has 0 unspecified atom stereocenters. The number of halogens is 3. The van der Waals surface area contributed by atoms with Crippen molar-refractivity contribution in [3.63, 3.8) is 0 Å². The SMILES string of the molecule is CCN(CC(F)(F)F)c1nc(NN)ncc1[N+](=O)[O-]. The van der Waals surface area contributed by atoms with Gasteiger partial charge in [0, 0.05) is 6.54 Å². The highest BCUT2D eigenvalue weighted by Gasteiger charge is 2.33. The summed E-state index contributed by atoms with van der Waals surface area (Å²) in [6.45, 7) is -0.0418. The molecular formula is C8H11F3N6O2. The van der Waals surface area contributed by atoms with Gasteiger partial charge in [0.2, 0.25) is 11.8 Å². The van der Waals surface area contributed by atoms with Crippen molar-refractivity contribution in [1.29, 1.82) is 0 Å². The Kier molecular flexibility index (Phi) is 4.43. The predicted octanol–water partition coefficient (Wildman–Crippen LogP) is 1.06. The number of alkyl halides is 3. The number of aromatic nitrogens is 2. The molecule has 1 aromatic heterocycles. The molecule has 1 rings (SSSR count). The van der Waals surface area contributed by atoms with E-state index in [4.69, 9.17) is 5.84 Å². The van der Waals surface area contributed by atoms with Crippen LogP contribution in [-0.4, -0.2) is 34.2 Å². The minimum absolute atomic E-state index is 0.110. The van der Waals surface area contributed by atoms with Gasteiger partial charge >= 0.3 is 11.9 Å². The third-order valence-electron chi connectivity index (χ3n) is 2.13. The number of anilines is 2. The number of hydrazine groups is 1. The summed E-state index contributed by atoms with van der Waals surface area (Å²) in [6, 6.07) is 0. The topological polar surface area (TPSA) is 110 Å². The number of nitrogens with zero attached hydrogens (tertiary/aromatic N) is 4. The van der Waals surface area contributed by atoms with Crippen molar-refractivity contribution >= 4 is 17.5 Å². The number of nitrogens with one attached hydrogen (secondary N) is 1. The Bertz CT molecular complexity index is 466. The van der Waals surface area contributed by atoms with Gasteiger partial charge in [-0.25, -0.2) is 10.8 Å². The van der Waals surface area contributed by atoms with E-state index in [0.29, 0.717) is 0 Å². The molecule has 0 bridgehead atoms. The normalized spacial score (nSPS) is 11.2. The van der Waals surface area contributed by atoms with E-state index < -0.39 is 29.1 Å². The fraction of sp³-hybridized carbons (Fsp3) is 0.500. The lowest BCUT2D eigenvalue weighted by atomic mass is 10.4. The fourth-order valence-electron chi connectivity index (χ4n) is 1.35. The lowest BCUT2D eigenvalue weighted by Gasteiger charge is -2.22. The van der Waals surface area contributed by atoms with Crippen molar-refractivity contribution in [1.82, 2.24) is 9.97 Å². The second kappa shape index (κ2) is 5.65. The molecule has 0 saturated carbocycles. The summed E-state index contributed by atoms with van der Waals surface area (Å²) >= 11 is 0. The first-order chi connectivity index (χ1) is 8.78. The largest absolute Gasteiger partial charge is 0.405 e. The Morgan fingerprint density at radius 3 is 2.63 bits per heavy atom. The van der Waals surface area contributed by atoms with Gasteiger partial charge in [0.1, 0.15) is 12.7 Å². The molecule has 1 heterocycles. The Balaban J connectivity index is 3.23. The number of rotatable bonds is 5. The maximum absolute atomic E-state index is 12.4. The highest BCUT2D eigenvalue weighted by atomic mass is 19.4. The maximum Gasteiger partial charge on any atom is 0.405 e. The van der Waals surface area contributed by atoms with Gasteiger partial charge in [-0.3, -0.25) is 15.5 Å². The van der Waals surface area contributed by atoms with E-state index in [1.54, 1.807) is 0 Å². The molecule has 0 aliphatic carbocycles. The van der Waals surface area contributed by atoms with Crippen molar-refractivity contribution in [2.75, 3.05) is 23.4 Å². The maximum atomic E-state index is 12.4. The van der Waals surface area contributed by atoms with Gasteiger partial charge in [-0.15, -0.1) is 0 Å². The molecule has 106 valence electrons. The van der Waals surface area contributed by atoms with Crippen LogP contribution in [0.4, 0.5) is 30.6 Å². The summed E-state index contributed by atoms with van der Waals surface area (Å²) in [5.74, 6) is 4.38. The standard InChI is InChI=1S/C8H11F3N6O2/c1-2-16(4-8(9,10)11)6-5(17(18)19)3-13-7(14-6)15-12/h3H,2,4,12H2,1H3,(H,13,14,15). The van der Waals surface area contributed by atoms with E-state index in [1.165, 1.54) is 6.92 Å². The number of hydrogen-bond donors (Lipinski definition) is 2. The zero-order valence-electron chi connectivity index (χ0n) is 9.81. The Morgan fingerprint density at radius 2 is 2.21 bits per heavy atom. The van der Waals surface area contributed by atoms with Gasteiger partial charge in [-0.05, 0) is 6.92 Å². The quantitative estimate of drug-likeness (QED) is 0.471. The minimum atomic E-state index is -4.51. The summed E-state index contributed by atoms with van der Waals surface area (Å²) in [7, 11) is 0. The van der Waals surface area contributed by atoms with Crippen LogP contribution in [0.3, 0.4) is 0 Å². The molecule has 0 aliphatic rings. The average Bonchev–Trinajstić information content (AvgIpc) is 2.33. The van der Waals surface area contributed by atoms with Crippen LogP contribution >= 0.6 is 0 Å². The molecule has 8 nitrogen and oxygen atoms in total. The molecule has 19 heavy (non-hydrogen) atoms. The summed E-state index contributed by atoms with van der Waals surface area (Å²) in [4.78, 5) is 17.7. The van der Waals surface area contributed by atoms with E-state index in [9.17, 15) is 23.3 Å². The predicted molar refractivity (Wildman–Crippen MR) is 60.4 cm³/mol. The molecule has 0 spiro atoms. The van der Waals surface area contributed by atoms with Crippen molar-refractivity contribution in [3.05, 3.63) is 16.3 Å². The number of hydrogen-bond acceptors (Lipinski definition) is 7. The summed E-state index contributed by atoms with van der Waals surface area (Å²) < 4.78 is 37.2. The third-order valence-corrected chi connectivity index (χ3v) is 2.13. The smallest absolute Gasteiger partial charge is 0.342 e. The van der Waals surface area contributed by atoms with E-state index in [-0.39, 0.29) is 12.5 Å². The second-order valence-corrected chi connectivity index (χ2v) is 3.43. The van der Waals surface area contributed by atoms with E-state index in [0.717, 1.165) is 11.1 Å². The molecule has 0 fully saturated rings.